The molecule has 21 heavy (non-hydrogen) atoms. The van der Waals surface area contributed by atoms with Crippen molar-refractivity contribution in [3.05, 3.63) is 41.8 Å². The number of anilines is 1. The number of likely N-dealkylation sites (N-methyl/N-ethyl adjacent to an activating group) is 1. The maximum absolute atomic E-state index is 12.5. The molecule has 0 radical (unpaired) electrons. The quantitative estimate of drug-likeness (QED) is 0.860. The van der Waals surface area contributed by atoms with Crippen molar-refractivity contribution in [2.45, 2.75) is 37.6 Å². The summed E-state index contributed by atoms with van der Waals surface area (Å²) in [4.78, 5) is 1.84. The zero-order valence-electron chi connectivity index (χ0n) is 11.7. The Balaban J connectivity index is 1.81. The van der Waals surface area contributed by atoms with Crippen LogP contribution < -0.4 is 4.90 Å². The van der Waals surface area contributed by atoms with Crippen molar-refractivity contribution in [2.24, 2.45) is 0 Å². The Morgan fingerprint density at radius 2 is 1.95 bits per heavy atom. The van der Waals surface area contributed by atoms with E-state index in [0.29, 0.717) is 5.92 Å². The highest BCUT2D eigenvalue weighted by atomic mass is 19.3. The summed E-state index contributed by atoms with van der Waals surface area (Å²) in [5, 5.41) is 7.14. The molecule has 1 heterocycles. The molecular formula is C15H17F2N3O. The summed E-state index contributed by atoms with van der Waals surface area (Å²) in [5.74, 6) is -0.260. The second kappa shape index (κ2) is 5.79. The lowest BCUT2D eigenvalue weighted by Gasteiger charge is -2.28. The Kier molecular flexibility index (Phi) is 3.86. The van der Waals surface area contributed by atoms with Gasteiger partial charge in [0.05, 0.1) is 0 Å². The first-order valence-corrected chi connectivity index (χ1v) is 7.06. The van der Waals surface area contributed by atoms with Crippen molar-refractivity contribution >= 4 is 6.01 Å². The number of hydrogen-bond acceptors (Lipinski definition) is 4. The zero-order chi connectivity index (χ0) is 14.8. The molecule has 6 heteroatoms. The van der Waals surface area contributed by atoms with E-state index in [4.69, 9.17) is 4.42 Å². The number of benzene rings is 1. The molecule has 1 aliphatic rings. The van der Waals surface area contributed by atoms with E-state index in [1.54, 1.807) is 0 Å². The number of alkyl halides is 2. The minimum atomic E-state index is -2.73. The van der Waals surface area contributed by atoms with Crippen LogP contribution >= 0.6 is 0 Å². The molecule has 0 N–H and O–H groups in total. The molecule has 0 spiro atoms. The zero-order valence-corrected chi connectivity index (χ0v) is 11.7. The van der Waals surface area contributed by atoms with Gasteiger partial charge in [-0.1, -0.05) is 41.9 Å². The van der Waals surface area contributed by atoms with E-state index in [-0.39, 0.29) is 12.1 Å². The number of aromatic nitrogens is 2. The van der Waals surface area contributed by atoms with Gasteiger partial charge in [0.2, 0.25) is 0 Å². The third kappa shape index (κ3) is 2.75. The maximum atomic E-state index is 12.5. The molecule has 1 saturated carbocycles. The molecule has 0 bridgehead atoms. The van der Waals surface area contributed by atoms with E-state index in [9.17, 15) is 8.78 Å². The molecule has 0 amide bonds. The average molecular weight is 293 g/mol. The van der Waals surface area contributed by atoms with Crippen molar-refractivity contribution in [1.82, 2.24) is 10.2 Å². The standard InChI is InChI=1S/C15H17F2N3O/c1-20(15-19-18-14(21-15)13(16)17)12-9-5-8-11(12)10-6-3-2-4-7-10/h2-4,6-7,11-13H,5,8-9H2,1H3/t11-,12+/m1/s1. The Morgan fingerprint density at radius 3 is 2.62 bits per heavy atom. The number of nitrogens with zero attached hydrogens (tertiary/aromatic N) is 3. The third-order valence-electron chi connectivity index (χ3n) is 4.12. The van der Waals surface area contributed by atoms with Gasteiger partial charge in [-0.15, -0.1) is 5.10 Å². The molecule has 1 aromatic carbocycles. The van der Waals surface area contributed by atoms with Crippen LogP contribution in [0.25, 0.3) is 0 Å². The van der Waals surface area contributed by atoms with Crippen LogP contribution in [-0.2, 0) is 0 Å². The summed E-state index contributed by atoms with van der Waals surface area (Å²) in [6.45, 7) is 0. The molecule has 1 fully saturated rings. The van der Waals surface area contributed by atoms with Gasteiger partial charge in [-0.2, -0.15) is 8.78 Å². The van der Waals surface area contributed by atoms with Crippen molar-refractivity contribution in [3.8, 4) is 0 Å². The number of rotatable bonds is 4. The van der Waals surface area contributed by atoms with Crippen LogP contribution in [0, 0.1) is 0 Å². The number of halogens is 2. The molecule has 0 aliphatic heterocycles. The average Bonchev–Trinajstić information content (AvgIpc) is 3.17. The molecule has 2 atom stereocenters. The van der Waals surface area contributed by atoms with E-state index in [1.807, 2.05) is 30.1 Å². The first-order valence-electron chi connectivity index (χ1n) is 7.06. The van der Waals surface area contributed by atoms with Crippen molar-refractivity contribution in [3.63, 3.8) is 0 Å². The second-order valence-electron chi connectivity index (χ2n) is 5.35. The highest BCUT2D eigenvalue weighted by Crippen LogP contribution is 2.38. The molecular weight excluding hydrogens is 276 g/mol. The molecule has 1 aliphatic carbocycles. The van der Waals surface area contributed by atoms with Crippen molar-refractivity contribution < 1.29 is 13.2 Å². The van der Waals surface area contributed by atoms with E-state index in [1.165, 1.54) is 5.56 Å². The van der Waals surface area contributed by atoms with Crippen LogP contribution in [0.2, 0.25) is 0 Å². The van der Waals surface area contributed by atoms with Gasteiger partial charge in [-0.25, -0.2) is 0 Å². The van der Waals surface area contributed by atoms with Crippen LogP contribution in [0.1, 0.15) is 43.1 Å². The molecule has 0 saturated heterocycles. The lowest BCUT2D eigenvalue weighted by Crippen LogP contribution is -2.33. The van der Waals surface area contributed by atoms with Gasteiger partial charge in [-0.05, 0) is 18.4 Å². The molecule has 2 aromatic rings. The van der Waals surface area contributed by atoms with Gasteiger partial charge in [-0.3, -0.25) is 0 Å². The summed E-state index contributed by atoms with van der Waals surface area (Å²) in [6, 6.07) is 10.6. The summed E-state index contributed by atoms with van der Waals surface area (Å²) in [6.07, 6.45) is 0.440. The van der Waals surface area contributed by atoms with Crippen LogP contribution in [0.5, 0.6) is 0 Å². The summed E-state index contributed by atoms with van der Waals surface area (Å²) < 4.78 is 30.2. The topological polar surface area (TPSA) is 42.2 Å². The van der Waals surface area contributed by atoms with Crippen LogP contribution in [-0.4, -0.2) is 23.3 Å². The monoisotopic (exact) mass is 293 g/mol. The summed E-state index contributed by atoms with van der Waals surface area (Å²) >= 11 is 0. The van der Waals surface area contributed by atoms with Crippen molar-refractivity contribution in [2.75, 3.05) is 11.9 Å². The third-order valence-corrected chi connectivity index (χ3v) is 4.12. The highest BCUT2D eigenvalue weighted by Gasteiger charge is 2.34. The number of hydrogen-bond donors (Lipinski definition) is 0. The minimum absolute atomic E-state index is 0.165. The fourth-order valence-corrected chi connectivity index (χ4v) is 3.09. The summed E-state index contributed by atoms with van der Waals surface area (Å²) in [5.41, 5.74) is 1.26. The van der Waals surface area contributed by atoms with E-state index < -0.39 is 12.3 Å². The normalized spacial score (nSPS) is 21.9. The molecule has 1 aromatic heterocycles. The lowest BCUT2D eigenvalue weighted by molar-refractivity contribution is 0.115. The van der Waals surface area contributed by atoms with Gasteiger partial charge >= 0.3 is 12.4 Å². The highest BCUT2D eigenvalue weighted by molar-refractivity contribution is 5.32. The first kappa shape index (κ1) is 14.0. The van der Waals surface area contributed by atoms with E-state index >= 15 is 0 Å². The Hall–Kier alpha value is -1.98. The van der Waals surface area contributed by atoms with Gasteiger partial charge < -0.3 is 9.32 Å². The molecule has 112 valence electrons. The molecule has 0 unspecified atom stereocenters. The Morgan fingerprint density at radius 1 is 1.19 bits per heavy atom. The van der Waals surface area contributed by atoms with Gasteiger partial charge in [0.25, 0.3) is 5.89 Å². The second-order valence-corrected chi connectivity index (χ2v) is 5.35. The first-order chi connectivity index (χ1) is 10.2. The lowest BCUT2D eigenvalue weighted by atomic mass is 9.93. The van der Waals surface area contributed by atoms with Crippen LogP contribution in [0.3, 0.4) is 0 Å². The van der Waals surface area contributed by atoms with E-state index in [0.717, 1.165) is 19.3 Å². The maximum Gasteiger partial charge on any atom is 0.318 e. The van der Waals surface area contributed by atoms with Crippen LogP contribution in [0.15, 0.2) is 34.7 Å². The largest absolute Gasteiger partial charge is 0.402 e. The predicted molar refractivity (Wildman–Crippen MR) is 74.5 cm³/mol. The fourth-order valence-electron chi connectivity index (χ4n) is 3.09. The van der Waals surface area contributed by atoms with Gasteiger partial charge in [0, 0.05) is 19.0 Å². The Labute approximate surface area is 121 Å². The molecule has 4 nitrogen and oxygen atoms in total. The minimum Gasteiger partial charge on any atom is -0.402 e. The van der Waals surface area contributed by atoms with E-state index in [2.05, 4.69) is 22.3 Å². The van der Waals surface area contributed by atoms with Crippen LogP contribution in [0.4, 0.5) is 14.8 Å². The fraction of sp³-hybridized carbons (Fsp3) is 0.467. The smallest absolute Gasteiger partial charge is 0.318 e. The van der Waals surface area contributed by atoms with Gasteiger partial charge in [0.15, 0.2) is 0 Å². The van der Waals surface area contributed by atoms with Crippen molar-refractivity contribution in [1.29, 1.82) is 0 Å². The predicted octanol–water partition coefficient (Wildman–Crippen LogP) is 3.78. The Bertz CT molecular complexity index is 588. The van der Waals surface area contributed by atoms with Gasteiger partial charge in [0.1, 0.15) is 0 Å². The summed E-state index contributed by atoms with van der Waals surface area (Å²) in [7, 11) is 1.83. The molecule has 3 rings (SSSR count). The SMILES string of the molecule is CN(c1nnc(C(F)F)o1)[C@H]1CCC[C@@H]1c1ccccc1.